The Labute approximate surface area is 121 Å². The number of rotatable bonds is 3. The van der Waals surface area contributed by atoms with Crippen molar-refractivity contribution in [2.24, 2.45) is 0 Å². The van der Waals surface area contributed by atoms with Crippen LogP contribution in [0.25, 0.3) is 0 Å². The lowest BCUT2D eigenvalue weighted by atomic mass is 10.2. The van der Waals surface area contributed by atoms with Gasteiger partial charge in [-0.25, -0.2) is 9.59 Å². The second-order valence-corrected chi connectivity index (χ2v) is 4.88. The molecule has 0 aromatic heterocycles. The number of carbonyl (C=O) groups excluding carboxylic acids is 1. The van der Waals surface area contributed by atoms with Crippen LogP contribution in [0.4, 0.5) is 10.5 Å². The number of amides is 2. The zero-order valence-electron chi connectivity index (χ0n) is 10.9. The van der Waals surface area contributed by atoms with Gasteiger partial charge in [0.15, 0.2) is 0 Å². The summed E-state index contributed by atoms with van der Waals surface area (Å²) in [6, 6.07) is 3.64. The largest absolute Gasteiger partial charge is 0.495 e. The van der Waals surface area contributed by atoms with Gasteiger partial charge >= 0.3 is 12.0 Å². The summed E-state index contributed by atoms with van der Waals surface area (Å²) in [6.07, 6.45) is 1.17. The number of hydrogen-bond acceptors (Lipinski definition) is 3. The van der Waals surface area contributed by atoms with E-state index < -0.39 is 18.0 Å². The molecule has 2 rings (SSSR count). The fourth-order valence-electron chi connectivity index (χ4n) is 2.20. The van der Waals surface area contributed by atoms with Crippen LogP contribution in [0.2, 0.25) is 5.02 Å². The van der Waals surface area contributed by atoms with Crippen LogP contribution < -0.4 is 10.1 Å². The Balaban J connectivity index is 2.09. The van der Waals surface area contributed by atoms with Gasteiger partial charge < -0.3 is 20.1 Å². The molecule has 0 saturated carbocycles. The topological polar surface area (TPSA) is 78.9 Å². The van der Waals surface area contributed by atoms with E-state index in [1.54, 1.807) is 18.2 Å². The summed E-state index contributed by atoms with van der Waals surface area (Å²) in [7, 11) is 1.48. The van der Waals surface area contributed by atoms with Crippen LogP contribution >= 0.6 is 11.6 Å². The Bertz CT molecular complexity index is 535. The molecule has 20 heavy (non-hydrogen) atoms. The Hall–Kier alpha value is -1.95. The first-order valence-corrected chi connectivity index (χ1v) is 6.54. The number of hydrogen-bond donors (Lipinski definition) is 2. The number of halogens is 1. The van der Waals surface area contributed by atoms with E-state index >= 15 is 0 Å². The molecule has 108 valence electrons. The number of carboxylic acids is 1. The molecule has 7 heteroatoms. The summed E-state index contributed by atoms with van der Waals surface area (Å²) in [6.45, 7) is 0.438. The van der Waals surface area contributed by atoms with E-state index in [0.29, 0.717) is 35.8 Å². The van der Waals surface area contributed by atoms with Crippen molar-refractivity contribution < 1.29 is 19.4 Å². The van der Waals surface area contributed by atoms with E-state index in [1.807, 2.05) is 0 Å². The van der Waals surface area contributed by atoms with Crippen molar-refractivity contribution >= 4 is 29.3 Å². The van der Waals surface area contributed by atoms with Crippen molar-refractivity contribution in [2.75, 3.05) is 19.0 Å². The highest BCUT2D eigenvalue weighted by molar-refractivity contribution is 6.32. The number of anilines is 1. The number of ether oxygens (including phenoxy) is 1. The van der Waals surface area contributed by atoms with Gasteiger partial charge in [0.25, 0.3) is 0 Å². The number of carboxylic acid groups (broad SMARTS) is 1. The molecule has 0 aliphatic carbocycles. The fourth-order valence-corrected chi connectivity index (χ4v) is 2.39. The predicted octanol–water partition coefficient (Wildman–Crippen LogP) is 2.43. The summed E-state index contributed by atoms with van der Waals surface area (Å²) in [4.78, 5) is 24.5. The zero-order valence-corrected chi connectivity index (χ0v) is 11.7. The molecule has 1 heterocycles. The highest BCUT2D eigenvalue weighted by Crippen LogP contribution is 2.28. The van der Waals surface area contributed by atoms with E-state index in [4.69, 9.17) is 21.4 Å². The lowest BCUT2D eigenvalue weighted by Crippen LogP contribution is -2.42. The van der Waals surface area contributed by atoms with E-state index in [1.165, 1.54) is 12.0 Å². The van der Waals surface area contributed by atoms with Crippen LogP contribution in [0.3, 0.4) is 0 Å². The molecule has 0 bridgehead atoms. The lowest BCUT2D eigenvalue weighted by Gasteiger charge is -2.22. The number of aliphatic carboxylic acids is 1. The molecule has 2 amide bonds. The molecule has 0 radical (unpaired) electrons. The Morgan fingerprint density at radius 2 is 2.25 bits per heavy atom. The number of likely N-dealkylation sites (tertiary alicyclic amines) is 1. The van der Waals surface area contributed by atoms with Crippen molar-refractivity contribution in [2.45, 2.75) is 18.9 Å². The number of urea groups is 1. The Kier molecular flexibility index (Phi) is 4.34. The molecule has 0 unspecified atom stereocenters. The van der Waals surface area contributed by atoms with E-state index in [0.717, 1.165) is 0 Å². The van der Waals surface area contributed by atoms with Crippen molar-refractivity contribution in [3.63, 3.8) is 0 Å². The van der Waals surface area contributed by atoms with Crippen molar-refractivity contribution in [1.29, 1.82) is 0 Å². The first-order valence-electron chi connectivity index (χ1n) is 6.17. The van der Waals surface area contributed by atoms with E-state index in [2.05, 4.69) is 5.32 Å². The van der Waals surface area contributed by atoms with Crippen LogP contribution in [0.15, 0.2) is 18.2 Å². The van der Waals surface area contributed by atoms with Gasteiger partial charge in [-0.1, -0.05) is 11.6 Å². The Morgan fingerprint density at radius 3 is 2.90 bits per heavy atom. The molecule has 6 nitrogen and oxygen atoms in total. The molecular formula is C13H15ClN2O4. The molecule has 1 fully saturated rings. The van der Waals surface area contributed by atoms with E-state index in [9.17, 15) is 9.59 Å². The molecule has 1 aromatic carbocycles. The van der Waals surface area contributed by atoms with Crippen molar-refractivity contribution in [1.82, 2.24) is 4.90 Å². The molecular weight excluding hydrogens is 284 g/mol. The third-order valence-corrected chi connectivity index (χ3v) is 3.51. The number of benzene rings is 1. The third-order valence-electron chi connectivity index (χ3n) is 3.20. The summed E-state index contributed by atoms with van der Waals surface area (Å²) >= 11 is 5.90. The average molecular weight is 299 g/mol. The van der Waals surface area contributed by atoms with Gasteiger partial charge in [-0.3, -0.25) is 0 Å². The molecule has 1 aliphatic heterocycles. The lowest BCUT2D eigenvalue weighted by molar-refractivity contribution is -0.141. The SMILES string of the molecule is COc1cc(NC(=O)N2CCC[C@H]2C(=O)O)ccc1Cl. The first kappa shape index (κ1) is 14.5. The van der Waals surface area contributed by atoms with Crippen LogP contribution in [-0.4, -0.2) is 41.7 Å². The van der Waals surface area contributed by atoms with Crippen LogP contribution in [0.5, 0.6) is 5.75 Å². The Morgan fingerprint density at radius 1 is 1.50 bits per heavy atom. The molecule has 2 N–H and O–H groups in total. The quantitative estimate of drug-likeness (QED) is 0.898. The van der Waals surface area contributed by atoms with Crippen LogP contribution in [-0.2, 0) is 4.79 Å². The highest BCUT2D eigenvalue weighted by Gasteiger charge is 2.33. The fraction of sp³-hybridized carbons (Fsp3) is 0.385. The van der Waals surface area contributed by atoms with Gasteiger partial charge in [-0.2, -0.15) is 0 Å². The summed E-state index contributed by atoms with van der Waals surface area (Å²) in [5.74, 6) is -0.535. The normalized spacial score (nSPS) is 17.9. The smallest absolute Gasteiger partial charge is 0.326 e. The minimum Gasteiger partial charge on any atom is -0.495 e. The monoisotopic (exact) mass is 298 g/mol. The third kappa shape index (κ3) is 2.96. The van der Waals surface area contributed by atoms with Crippen molar-refractivity contribution in [3.05, 3.63) is 23.2 Å². The second-order valence-electron chi connectivity index (χ2n) is 4.47. The summed E-state index contributed by atoms with van der Waals surface area (Å²) in [5, 5.41) is 12.2. The number of carbonyl (C=O) groups is 2. The van der Waals surface area contributed by atoms with Crippen LogP contribution in [0.1, 0.15) is 12.8 Å². The van der Waals surface area contributed by atoms with Gasteiger partial charge in [-0.05, 0) is 25.0 Å². The minimum absolute atomic E-state index is 0.431. The van der Waals surface area contributed by atoms with Gasteiger partial charge in [0.1, 0.15) is 11.8 Å². The van der Waals surface area contributed by atoms with Gasteiger partial charge in [-0.15, -0.1) is 0 Å². The molecule has 0 spiro atoms. The van der Waals surface area contributed by atoms with Gasteiger partial charge in [0.2, 0.25) is 0 Å². The molecule has 1 aromatic rings. The molecule has 1 saturated heterocycles. The second kappa shape index (κ2) is 6.00. The standard InChI is InChI=1S/C13H15ClN2O4/c1-20-11-7-8(4-5-9(11)14)15-13(19)16-6-2-3-10(16)12(17)18/h4-5,7,10H,2-3,6H2,1H3,(H,15,19)(H,17,18)/t10-/m0/s1. The molecule has 1 atom stereocenters. The number of nitrogens with zero attached hydrogens (tertiary/aromatic N) is 1. The highest BCUT2D eigenvalue weighted by atomic mass is 35.5. The van der Waals surface area contributed by atoms with Crippen LogP contribution in [0, 0.1) is 0 Å². The van der Waals surface area contributed by atoms with E-state index in [-0.39, 0.29) is 0 Å². The van der Waals surface area contributed by atoms with Gasteiger partial charge in [0, 0.05) is 18.3 Å². The number of nitrogens with one attached hydrogen (secondary N) is 1. The maximum atomic E-state index is 12.1. The average Bonchev–Trinajstić information content (AvgIpc) is 2.90. The summed E-state index contributed by atoms with van der Waals surface area (Å²) in [5.41, 5.74) is 0.507. The van der Waals surface area contributed by atoms with Crippen molar-refractivity contribution in [3.8, 4) is 5.75 Å². The van der Waals surface area contributed by atoms with Gasteiger partial charge in [0.05, 0.1) is 12.1 Å². The number of methoxy groups -OCH3 is 1. The molecule has 1 aliphatic rings. The maximum Gasteiger partial charge on any atom is 0.326 e. The first-order chi connectivity index (χ1) is 9.52. The summed E-state index contributed by atoms with van der Waals surface area (Å²) < 4.78 is 5.06. The minimum atomic E-state index is -0.980. The maximum absolute atomic E-state index is 12.1. The predicted molar refractivity (Wildman–Crippen MR) is 74.4 cm³/mol. The zero-order chi connectivity index (χ0) is 14.7.